The van der Waals surface area contributed by atoms with Crippen LogP contribution in [0.4, 0.5) is 0 Å². The summed E-state index contributed by atoms with van der Waals surface area (Å²) in [5, 5.41) is 34.8. The Morgan fingerprint density at radius 1 is 0.838 bits per heavy atom. The number of hydrogen-bond donors (Lipinski definition) is 9. The van der Waals surface area contributed by atoms with Crippen molar-refractivity contribution < 1.29 is 39.3 Å². The summed E-state index contributed by atoms with van der Waals surface area (Å²) in [4.78, 5) is 61.0. The van der Waals surface area contributed by atoms with Crippen molar-refractivity contribution in [1.29, 1.82) is 0 Å². The smallest absolute Gasteiger partial charge is 0.328 e. The largest absolute Gasteiger partial charge is 0.508 e. The Morgan fingerprint density at radius 2 is 1.41 bits per heavy atom. The predicted octanol–water partition coefficient (Wildman–Crippen LogP) is -2.81. The zero-order valence-electron chi connectivity index (χ0n) is 20.4. The zero-order chi connectivity index (χ0) is 28.0. The van der Waals surface area contributed by atoms with Crippen LogP contribution >= 0.6 is 0 Å². The fraction of sp³-hybridized carbons (Fsp3) is 0.522. The van der Waals surface area contributed by atoms with E-state index in [0.29, 0.717) is 31.4 Å². The number of aliphatic hydroxyl groups is 1. The molecule has 1 aromatic carbocycles. The molecule has 1 aromatic rings. The lowest BCUT2D eigenvalue weighted by Gasteiger charge is -2.25. The summed E-state index contributed by atoms with van der Waals surface area (Å²) in [6, 6.07) is 0.706. The average Bonchev–Trinajstić information content (AvgIpc) is 2.85. The Balaban J connectivity index is 3.10. The number of amides is 4. The van der Waals surface area contributed by atoms with Gasteiger partial charge in [-0.1, -0.05) is 18.6 Å². The highest BCUT2D eigenvalue weighted by Gasteiger charge is 2.30. The molecule has 0 bridgehead atoms. The van der Waals surface area contributed by atoms with Crippen LogP contribution in [-0.2, 0) is 30.4 Å². The monoisotopic (exact) mass is 524 g/mol. The van der Waals surface area contributed by atoms with E-state index in [1.807, 2.05) is 0 Å². The van der Waals surface area contributed by atoms with Gasteiger partial charge in [-0.25, -0.2) is 4.79 Å². The molecule has 4 amide bonds. The highest BCUT2D eigenvalue weighted by molar-refractivity contribution is 5.94. The van der Waals surface area contributed by atoms with Gasteiger partial charge in [-0.2, -0.15) is 0 Å². The van der Waals surface area contributed by atoms with Crippen LogP contribution in [0.1, 0.15) is 37.7 Å². The van der Waals surface area contributed by atoms with E-state index in [1.165, 1.54) is 12.1 Å². The molecule has 14 nitrogen and oxygen atoms in total. The minimum atomic E-state index is -1.64. The lowest BCUT2D eigenvalue weighted by atomic mass is 10.0. The number of benzene rings is 1. The highest BCUT2D eigenvalue weighted by Crippen LogP contribution is 2.12. The molecule has 37 heavy (non-hydrogen) atoms. The molecule has 0 aliphatic heterocycles. The molecule has 0 saturated carbocycles. The van der Waals surface area contributed by atoms with Crippen LogP contribution in [-0.4, -0.2) is 82.2 Å². The number of hydrogen-bond acceptors (Lipinski definition) is 9. The van der Waals surface area contributed by atoms with Gasteiger partial charge in [0.25, 0.3) is 0 Å². The van der Waals surface area contributed by atoms with Crippen molar-refractivity contribution in [2.24, 2.45) is 17.2 Å². The van der Waals surface area contributed by atoms with Gasteiger partial charge in [0.1, 0.15) is 23.9 Å². The van der Waals surface area contributed by atoms with Crippen LogP contribution in [0.3, 0.4) is 0 Å². The lowest BCUT2D eigenvalue weighted by molar-refractivity contribution is -0.143. The first-order chi connectivity index (χ1) is 17.5. The number of primary amides is 1. The first-order valence-corrected chi connectivity index (χ1v) is 11.7. The van der Waals surface area contributed by atoms with E-state index in [9.17, 15) is 34.2 Å². The molecule has 0 aliphatic rings. The predicted molar refractivity (Wildman–Crippen MR) is 132 cm³/mol. The number of phenolic OH excluding ortho intramolecular Hbond substituents is 1. The molecule has 0 aliphatic carbocycles. The maximum absolute atomic E-state index is 13.2. The van der Waals surface area contributed by atoms with E-state index in [4.69, 9.17) is 22.3 Å². The average molecular weight is 525 g/mol. The maximum Gasteiger partial charge on any atom is 0.328 e. The molecule has 0 radical (unpaired) electrons. The topological polar surface area (TPSA) is 260 Å². The van der Waals surface area contributed by atoms with Crippen molar-refractivity contribution in [3.05, 3.63) is 29.8 Å². The second kappa shape index (κ2) is 16.1. The summed E-state index contributed by atoms with van der Waals surface area (Å²) in [6.07, 6.45) is 0.994. The van der Waals surface area contributed by atoms with Gasteiger partial charge in [0.2, 0.25) is 23.6 Å². The fourth-order valence-corrected chi connectivity index (χ4v) is 3.28. The Labute approximate surface area is 213 Å². The van der Waals surface area contributed by atoms with Crippen molar-refractivity contribution in [3.8, 4) is 5.75 Å². The number of nitrogens with two attached hydrogens (primary N) is 3. The Kier molecular flexibility index (Phi) is 13.6. The molecule has 0 heterocycles. The van der Waals surface area contributed by atoms with Crippen LogP contribution < -0.4 is 33.2 Å². The van der Waals surface area contributed by atoms with Gasteiger partial charge >= 0.3 is 5.97 Å². The molecule has 0 saturated heterocycles. The Hall–Kier alpha value is -3.75. The Bertz CT molecular complexity index is 926. The first kappa shape index (κ1) is 31.3. The lowest BCUT2D eigenvalue weighted by Crippen LogP contribution is -2.58. The van der Waals surface area contributed by atoms with Crippen molar-refractivity contribution in [2.45, 2.75) is 62.7 Å². The first-order valence-electron chi connectivity index (χ1n) is 11.7. The number of nitrogens with one attached hydrogen (secondary N) is 3. The number of aromatic hydroxyl groups is 1. The summed E-state index contributed by atoms with van der Waals surface area (Å²) in [6.45, 7) is -0.465. The number of aliphatic carboxylic acids is 1. The number of rotatable bonds is 17. The third-order valence-electron chi connectivity index (χ3n) is 5.42. The van der Waals surface area contributed by atoms with Crippen molar-refractivity contribution in [3.63, 3.8) is 0 Å². The van der Waals surface area contributed by atoms with Crippen LogP contribution in [0, 0.1) is 0 Å². The second-order valence-corrected chi connectivity index (χ2v) is 8.47. The maximum atomic E-state index is 13.2. The highest BCUT2D eigenvalue weighted by atomic mass is 16.4. The minimum Gasteiger partial charge on any atom is -0.508 e. The van der Waals surface area contributed by atoms with Gasteiger partial charge in [-0.3, -0.25) is 19.2 Å². The quantitative estimate of drug-likeness (QED) is 0.0944. The van der Waals surface area contributed by atoms with E-state index in [0.717, 1.165) is 0 Å². The molecule has 14 heteroatoms. The molecule has 1 rings (SSSR count). The van der Waals surface area contributed by atoms with Gasteiger partial charge in [0.05, 0.1) is 12.6 Å². The number of carbonyl (C=O) groups excluding carboxylic acids is 4. The van der Waals surface area contributed by atoms with Crippen LogP contribution in [0.2, 0.25) is 0 Å². The molecule has 206 valence electrons. The van der Waals surface area contributed by atoms with Gasteiger partial charge < -0.3 is 48.5 Å². The number of aliphatic hydroxyl groups excluding tert-OH is 1. The third kappa shape index (κ3) is 11.7. The van der Waals surface area contributed by atoms with E-state index in [-0.39, 0.29) is 25.0 Å². The molecule has 12 N–H and O–H groups in total. The molecule has 4 atom stereocenters. The molecule has 4 unspecified atom stereocenters. The number of carbonyl (C=O) groups is 5. The summed E-state index contributed by atoms with van der Waals surface area (Å²) >= 11 is 0. The zero-order valence-corrected chi connectivity index (χ0v) is 20.4. The van der Waals surface area contributed by atoms with Crippen LogP contribution in [0.25, 0.3) is 0 Å². The van der Waals surface area contributed by atoms with Gasteiger partial charge in [-0.15, -0.1) is 0 Å². The number of carboxylic acids is 1. The summed E-state index contributed by atoms with van der Waals surface area (Å²) < 4.78 is 0. The van der Waals surface area contributed by atoms with E-state index < -0.39 is 60.4 Å². The SMILES string of the molecule is NCCCCC(N)C(=O)NC(Cc1ccc(O)cc1)C(=O)NC(CCC(N)=O)C(=O)NC(CO)C(=O)O. The fourth-order valence-electron chi connectivity index (χ4n) is 3.28. The van der Waals surface area contributed by atoms with E-state index >= 15 is 0 Å². The molecule has 0 fully saturated rings. The summed E-state index contributed by atoms with van der Waals surface area (Å²) in [5.74, 6) is -4.66. The second-order valence-electron chi connectivity index (χ2n) is 8.47. The van der Waals surface area contributed by atoms with Crippen LogP contribution in [0.15, 0.2) is 24.3 Å². The molecule has 0 aromatic heterocycles. The summed E-state index contributed by atoms with van der Waals surface area (Å²) in [5.41, 5.74) is 17.1. The number of carboxylic acid groups (broad SMARTS) is 1. The standard InChI is InChI=1S/C23H36N6O8/c24-10-2-1-3-15(25)20(33)28-17(11-13-4-6-14(31)7-5-13)22(35)27-16(8-9-19(26)32)21(34)29-18(12-30)23(36)37/h4-7,15-18,30-31H,1-3,8-12,24-25H2,(H2,26,32)(H,27,35)(H,28,33)(H,29,34)(H,36,37). The normalized spacial score (nSPS) is 14.0. The van der Waals surface area contributed by atoms with Gasteiger partial charge in [-0.05, 0) is 43.5 Å². The van der Waals surface area contributed by atoms with Crippen LogP contribution in [0.5, 0.6) is 5.75 Å². The molecular weight excluding hydrogens is 488 g/mol. The third-order valence-corrected chi connectivity index (χ3v) is 5.42. The Morgan fingerprint density at radius 3 is 1.95 bits per heavy atom. The van der Waals surface area contributed by atoms with E-state index in [1.54, 1.807) is 12.1 Å². The van der Waals surface area contributed by atoms with Crippen molar-refractivity contribution in [2.75, 3.05) is 13.2 Å². The van der Waals surface area contributed by atoms with Crippen molar-refractivity contribution >= 4 is 29.6 Å². The van der Waals surface area contributed by atoms with E-state index in [2.05, 4.69) is 16.0 Å². The molecular formula is C23H36N6O8. The number of unbranched alkanes of at least 4 members (excludes halogenated alkanes) is 1. The van der Waals surface area contributed by atoms with Gasteiger partial charge in [0, 0.05) is 12.8 Å². The molecule has 0 spiro atoms. The minimum absolute atomic E-state index is 0.00392. The number of phenols is 1. The van der Waals surface area contributed by atoms with Crippen molar-refractivity contribution in [1.82, 2.24) is 16.0 Å². The van der Waals surface area contributed by atoms with Gasteiger partial charge in [0.15, 0.2) is 0 Å². The summed E-state index contributed by atoms with van der Waals surface area (Å²) in [7, 11) is 0.